The summed E-state index contributed by atoms with van der Waals surface area (Å²) in [6.07, 6.45) is 8.74. The highest BCUT2D eigenvalue weighted by Crippen LogP contribution is 2.45. The predicted molar refractivity (Wildman–Crippen MR) is 87.7 cm³/mol. The molecule has 2 aliphatic rings. The minimum Gasteiger partial charge on any atom is -0.370 e. The molecule has 0 amide bonds. The Labute approximate surface area is 128 Å². The second-order valence-electron chi connectivity index (χ2n) is 6.66. The van der Waals surface area contributed by atoms with Crippen molar-refractivity contribution in [2.45, 2.75) is 64.8 Å². The fourth-order valence-electron chi connectivity index (χ4n) is 3.86. The van der Waals surface area contributed by atoms with Crippen molar-refractivity contribution in [1.82, 2.24) is 9.97 Å². The van der Waals surface area contributed by atoms with Crippen molar-refractivity contribution in [3.05, 3.63) is 11.9 Å². The molecule has 1 aromatic heterocycles. The maximum Gasteiger partial charge on any atom is 0.133 e. The van der Waals surface area contributed by atoms with Crippen molar-refractivity contribution in [2.75, 3.05) is 17.2 Å². The molecular formula is C17H28N4. The van der Waals surface area contributed by atoms with Gasteiger partial charge in [0.1, 0.15) is 17.5 Å². The molecule has 4 heteroatoms. The van der Waals surface area contributed by atoms with Gasteiger partial charge in [-0.3, -0.25) is 0 Å². The van der Waals surface area contributed by atoms with E-state index in [-0.39, 0.29) is 0 Å². The Kier molecular flexibility index (Phi) is 4.61. The highest BCUT2D eigenvalue weighted by molar-refractivity contribution is 5.48. The van der Waals surface area contributed by atoms with Crippen LogP contribution in [0, 0.1) is 11.8 Å². The molecule has 116 valence electrons. The predicted octanol–water partition coefficient (Wildman–Crippen LogP) is 3.85. The molecule has 2 saturated carbocycles. The van der Waals surface area contributed by atoms with Crippen molar-refractivity contribution in [3.8, 4) is 0 Å². The van der Waals surface area contributed by atoms with Gasteiger partial charge < -0.3 is 10.6 Å². The highest BCUT2D eigenvalue weighted by atomic mass is 15.1. The second kappa shape index (κ2) is 6.63. The molecule has 0 aromatic carbocycles. The van der Waals surface area contributed by atoms with Crippen LogP contribution in [0.3, 0.4) is 0 Å². The second-order valence-corrected chi connectivity index (χ2v) is 6.66. The van der Waals surface area contributed by atoms with E-state index in [1.807, 2.05) is 0 Å². The van der Waals surface area contributed by atoms with Crippen molar-refractivity contribution >= 4 is 11.6 Å². The first-order valence-electron chi connectivity index (χ1n) is 8.66. The molecule has 3 unspecified atom stereocenters. The van der Waals surface area contributed by atoms with Gasteiger partial charge in [-0.05, 0) is 43.9 Å². The number of rotatable bonds is 7. The van der Waals surface area contributed by atoms with Crippen LogP contribution in [0.15, 0.2) is 6.07 Å². The van der Waals surface area contributed by atoms with Gasteiger partial charge in [0.25, 0.3) is 0 Å². The number of hydrogen-bond acceptors (Lipinski definition) is 4. The van der Waals surface area contributed by atoms with Crippen LogP contribution in [0.4, 0.5) is 11.6 Å². The van der Waals surface area contributed by atoms with E-state index in [1.165, 1.54) is 25.7 Å². The summed E-state index contributed by atoms with van der Waals surface area (Å²) in [6.45, 7) is 5.32. The quantitative estimate of drug-likeness (QED) is 0.800. The van der Waals surface area contributed by atoms with Crippen molar-refractivity contribution in [2.24, 2.45) is 11.8 Å². The van der Waals surface area contributed by atoms with E-state index in [2.05, 4.69) is 35.5 Å². The summed E-state index contributed by atoms with van der Waals surface area (Å²) in [6, 6.07) is 2.72. The molecule has 3 rings (SSSR count). The molecule has 0 aliphatic heterocycles. The lowest BCUT2D eigenvalue weighted by Crippen LogP contribution is -2.26. The topological polar surface area (TPSA) is 49.8 Å². The number of fused-ring (bicyclic) bond motifs is 2. The molecule has 2 bridgehead atoms. The minimum absolute atomic E-state index is 0.632. The Morgan fingerprint density at radius 1 is 1.10 bits per heavy atom. The van der Waals surface area contributed by atoms with Gasteiger partial charge in [0, 0.05) is 25.1 Å². The van der Waals surface area contributed by atoms with Crippen LogP contribution in [-0.4, -0.2) is 22.6 Å². The van der Waals surface area contributed by atoms with Crippen LogP contribution in [-0.2, 0) is 6.42 Å². The van der Waals surface area contributed by atoms with Crippen LogP contribution in [0.25, 0.3) is 0 Å². The number of hydrogen-bond donors (Lipinski definition) is 2. The van der Waals surface area contributed by atoms with Crippen molar-refractivity contribution in [3.63, 3.8) is 0 Å². The number of nitrogens with zero attached hydrogens (tertiary/aromatic N) is 2. The standard InChI is InChI=1S/C17H28N4/c1-3-5-15-20-16(18-8-4-2)11-17(21-15)19-14-10-12-6-7-13(14)9-12/h11-14H,3-10H2,1-2H3,(H2,18,19,20,21). The number of anilines is 2. The van der Waals surface area contributed by atoms with Gasteiger partial charge in [0.2, 0.25) is 0 Å². The summed E-state index contributed by atoms with van der Waals surface area (Å²) in [7, 11) is 0. The molecule has 2 fully saturated rings. The number of aromatic nitrogens is 2. The lowest BCUT2D eigenvalue weighted by molar-refractivity contribution is 0.439. The maximum atomic E-state index is 4.72. The average molecular weight is 288 g/mol. The van der Waals surface area contributed by atoms with Gasteiger partial charge in [-0.1, -0.05) is 20.3 Å². The largest absolute Gasteiger partial charge is 0.370 e. The van der Waals surface area contributed by atoms with Gasteiger partial charge in [-0.15, -0.1) is 0 Å². The summed E-state index contributed by atoms with van der Waals surface area (Å²) in [5.74, 6) is 4.78. The van der Waals surface area contributed by atoms with E-state index in [0.717, 1.165) is 55.1 Å². The number of nitrogens with one attached hydrogen (secondary N) is 2. The number of aryl methyl sites for hydroxylation is 1. The third-order valence-corrected chi connectivity index (χ3v) is 4.87. The molecule has 2 aliphatic carbocycles. The molecular weight excluding hydrogens is 260 g/mol. The lowest BCUT2D eigenvalue weighted by Gasteiger charge is -2.24. The van der Waals surface area contributed by atoms with E-state index < -0.39 is 0 Å². The van der Waals surface area contributed by atoms with Crippen molar-refractivity contribution < 1.29 is 0 Å². The highest BCUT2D eigenvalue weighted by Gasteiger charge is 2.39. The molecule has 4 nitrogen and oxygen atoms in total. The Morgan fingerprint density at radius 2 is 1.95 bits per heavy atom. The van der Waals surface area contributed by atoms with Crippen LogP contribution >= 0.6 is 0 Å². The molecule has 0 radical (unpaired) electrons. The molecule has 3 atom stereocenters. The molecule has 1 heterocycles. The zero-order valence-corrected chi connectivity index (χ0v) is 13.4. The minimum atomic E-state index is 0.632. The van der Waals surface area contributed by atoms with E-state index >= 15 is 0 Å². The maximum absolute atomic E-state index is 4.72. The van der Waals surface area contributed by atoms with Crippen molar-refractivity contribution in [1.29, 1.82) is 0 Å². The average Bonchev–Trinajstić information content (AvgIpc) is 3.08. The van der Waals surface area contributed by atoms with Crippen LogP contribution in [0.1, 0.15) is 58.2 Å². The monoisotopic (exact) mass is 288 g/mol. The fourth-order valence-corrected chi connectivity index (χ4v) is 3.86. The van der Waals surface area contributed by atoms with Gasteiger partial charge in [-0.2, -0.15) is 0 Å². The summed E-state index contributed by atoms with van der Waals surface area (Å²) in [4.78, 5) is 9.34. The van der Waals surface area contributed by atoms with Crippen LogP contribution < -0.4 is 10.6 Å². The lowest BCUT2D eigenvalue weighted by atomic mass is 9.95. The molecule has 1 aromatic rings. The molecule has 0 saturated heterocycles. The smallest absolute Gasteiger partial charge is 0.133 e. The normalized spacial score (nSPS) is 27.0. The third-order valence-electron chi connectivity index (χ3n) is 4.87. The van der Waals surface area contributed by atoms with E-state index in [9.17, 15) is 0 Å². The molecule has 2 N–H and O–H groups in total. The summed E-state index contributed by atoms with van der Waals surface area (Å²) in [5.41, 5.74) is 0. The first-order chi connectivity index (χ1) is 10.3. The first kappa shape index (κ1) is 14.6. The SMILES string of the molecule is CCCNc1cc(NC2CC3CCC2C3)nc(CCC)n1. The fraction of sp³-hybridized carbons (Fsp3) is 0.765. The Morgan fingerprint density at radius 3 is 2.62 bits per heavy atom. The van der Waals surface area contributed by atoms with Crippen LogP contribution in [0.5, 0.6) is 0 Å². The summed E-state index contributed by atoms with van der Waals surface area (Å²) >= 11 is 0. The Bertz CT molecular complexity index is 474. The van der Waals surface area contributed by atoms with Gasteiger partial charge in [0.15, 0.2) is 0 Å². The van der Waals surface area contributed by atoms with Crippen LogP contribution in [0.2, 0.25) is 0 Å². The Balaban J connectivity index is 1.71. The third kappa shape index (κ3) is 3.47. The van der Waals surface area contributed by atoms with E-state index in [0.29, 0.717) is 6.04 Å². The van der Waals surface area contributed by atoms with E-state index in [4.69, 9.17) is 4.98 Å². The summed E-state index contributed by atoms with van der Waals surface area (Å²) < 4.78 is 0. The van der Waals surface area contributed by atoms with Gasteiger partial charge >= 0.3 is 0 Å². The zero-order valence-electron chi connectivity index (χ0n) is 13.4. The first-order valence-corrected chi connectivity index (χ1v) is 8.66. The zero-order chi connectivity index (χ0) is 14.7. The van der Waals surface area contributed by atoms with Gasteiger partial charge in [0.05, 0.1) is 0 Å². The molecule has 21 heavy (non-hydrogen) atoms. The van der Waals surface area contributed by atoms with E-state index in [1.54, 1.807) is 0 Å². The summed E-state index contributed by atoms with van der Waals surface area (Å²) in [5, 5.41) is 7.10. The Hall–Kier alpha value is -1.32. The van der Waals surface area contributed by atoms with Gasteiger partial charge in [-0.25, -0.2) is 9.97 Å². The molecule has 0 spiro atoms.